The molecular formula is C18H34N2. The molecule has 0 aromatic carbocycles. The largest absolute Gasteiger partial charge is 0.311 e. The van der Waals surface area contributed by atoms with E-state index >= 15 is 0 Å². The van der Waals surface area contributed by atoms with Crippen molar-refractivity contribution in [2.75, 3.05) is 19.6 Å². The molecule has 2 heteroatoms. The van der Waals surface area contributed by atoms with Crippen molar-refractivity contribution in [1.29, 1.82) is 0 Å². The van der Waals surface area contributed by atoms with Crippen LogP contribution in [0.2, 0.25) is 0 Å². The molecule has 3 fully saturated rings. The molecule has 0 amide bonds. The van der Waals surface area contributed by atoms with Crippen molar-refractivity contribution >= 4 is 0 Å². The minimum absolute atomic E-state index is 0.816. The van der Waals surface area contributed by atoms with Crippen LogP contribution >= 0.6 is 0 Å². The van der Waals surface area contributed by atoms with E-state index in [-0.39, 0.29) is 0 Å². The second-order valence-corrected chi connectivity index (χ2v) is 7.60. The fourth-order valence-corrected chi connectivity index (χ4v) is 4.41. The van der Waals surface area contributed by atoms with E-state index in [1.165, 1.54) is 83.8 Å². The van der Waals surface area contributed by atoms with Crippen LogP contribution in [0.25, 0.3) is 0 Å². The van der Waals surface area contributed by atoms with Gasteiger partial charge in [0.2, 0.25) is 0 Å². The lowest BCUT2D eigenvalue weighted by molar-refractivity contribution is 0.171. The van der Waals surface area contributed by atoms with Crippen LogP contribution in [0, 0.1) is 11.8 Å². The summed E-state index contributed by atoms with van der Waals surface area (Å²) < 4.78 is 0. The van der Waals surface area contributed by atoms with Crippen molar-refractivity contribution in [3.8, 4) is 0 Å². The van der Waals surface area contributed by atoms with Gasteiger partial charge in [-0.25, -0.2) is 0 Å². The van der Waals surface area contributed by atoms with Crippen LogP contribution < -0.4 is 5.32 Å². The number of nitrogens with zero attached hydrogens (tertiary/aromatic N) is 1. The van der Waals surface area contributed by atoms with Crippen LogP contribution in [0.4, 0.5) is 0 Å². The smallest absolute Gasteiger partial charge is 0.00940 e. The molecule has 1 N–H and O–H groups in total. The summed E-state index contributed by atoms with van der Waals surface area (Å²) in [5, 5.41) is 4.02. The van der Waals surface area contributed by atoms with Gasteiger partial charge in [-0.15, -0.1) is 0 Å². The Balaban J connectivity index is 1.36. The van der Waals surface area contributed by atoms with Crippen molar-refractivity contribution in [3.05, 3.63) is 0 Å². The van der Waals surface area contributed by atoms with Gasteiger partial charge in [0.15, 0.2) is 0 Å². The second kappa shape index (κ2) is 7.26. The van der Waals surface area contributed by atoms with E-state index < -0.39 is 0 Å². The van der Waals surface area contributed by atoms with Crippen molar-refractivity contribution in [2.24, 2.45) is 11.8 Å². The molecule has 1 heterocycles. The molecule has 2 nitrogen and oxygen atoms in total. The summed E-state index contributed by atoms with van der Waals surface area (Å²) in [6.45, 7) is 6.29. The number of hydrogen-bond acceptors (Lipinski definition) is 2. The predicted molar refractivity (Wildman–Crippen MR) is 86.0 cm³/mol. The maximum absolute atomic E-state index is 4.02. The average Bonchev–Trinajstić information content (AvgIpc) is 3.32. The van der Waals surface area contributed by atoms with Gasteiger partial charge in [0.25, 0.3) is 0 Å². The molecule has 0 aromatic heterocycles. The van der Waals surface area contributed by atoms with Crippen LogP contribution in [-0.4, -0.2) is 36.6 Å². The van der Waals surface area contributed by atoms with Gasteiger partial charge in [0.1, 0.15) is 0 Å². The first-order chi connectivity index (χ1) is 9.85. The van der Waals surface area contributed by atoms with Gasteiger partial charge in [0, 0.05) is 12.1 Å². The van der Waals surface area contributed by atoms with Crippen LogP contribution in [0.5, 0.6) is 0 Å². The molecule has 3 rings (SSSR count). The lowest BCUT2D eigenvalue weighted by atomic mass is 9.82. The average molecular weight is 278 g/mol. The summed E-state index contributed by atoms with van der Waals surface area (Å²) in [5.41, 5.74) is 0. The quantitative estimate of drug-likeness (QED) is 0.795. The van der Waals surface area contributed by atoms with Gasteiger partial charge < -0.3 is 10.2 Å². The van der Waals surface area contributed by atoms with Gasteiger partial charge in [0.05, 0.1) is 0 Å². The van der Waals surface area contributed by atoms with Crippen LogP contribution in [0.3, 0.4) is 0 Å². The molecule has 20 heavy (non-hydrogen) atoms. The maximum atomic E-state index is 4.02. The highest BCUT2D eigenvalue weighted by Crippen LogP contribution is 2.44. The van der Waals surface area contributed by atoms with Gasteiger partial charge in [-0.2, -0.15) is 0 Å². The maximum Gasteiger partial charge on any atom is 0.00940 e. The van der Waals surface area contributed by atoms with E-state index in [1.807, 2.05) is 0 Å². The Labute approximate surface area is 125 Å². The van der Waals surface area contributed by atoms with E-state index in [4.69, 9.17) is 0 Å². The number of nitrogens with one attached hydrogen (secondary N) is 1. The first-order valence-corrected chi connectivity index (χ1v) is 9.33. The molecule has 2 unspecified atom stereocenters. The number of likely N-dealkylation sites (tertiary alicyclic amines) is 1. The summed E-state index contributed by atoms with van der Waals surface area (Å²) in [6, 6.07) is 1.66. The number of piperidine rings is 1. The molecule has 2 saturated carbocycles. The van der Waals surface area contributed by atoms with Crippen LogP contribution in [0.15, 0.2) is 0 Å². The van der Waals surface area contributed by atoms with E-state index in [0.29, 0.717) is 0 Å². The predicted octanol–water partition coefficient (Wildman–Crippen LogP) is 3.81. The van der Waals surface area contributed by atoms with Gasteiger partial charge in [-0.3, -0.25) is 0 Å². The molecule has 3 aliphatic rings. The molecular weight excluding hydrogens is 244 g/mol. The van der Waals surface area contributed by atoms with E-state index in [2.05, 4.69) is 17.1 Å². The Hall–Kier alpha value is -0.0800. The van der Waals surface area contributed by atoms with Crippen molar-refractivity contribution in [3.63, 3.8) is 0 Å². The summed E-state index contributed by atoms with van der Waals surface area (Å²) in [4.78, 5) is 2.68. The Morgan fingerprint density at radius 2 is 1.70 bits per heavy atom. The van der Waals surface area contributed by atoms with Crippen LogP contribution in [0.1, 0.15) is 71.1 Å². The summed E-state index contributed by atoms with van der Waals surface area (Å²) >= 11 is 0. The number of hydrogen-bond donors (Lipinski definition) is 1. The first-order valence-electron chi connectivity index (χ1n) is 9.33. The molecule has 116 valence electrons. The minimum atomic E-state index is 0.816. The second-order valence-electron chi connectivity index (χ2n) is 7.60. The monoisotopic (exact) mass is 278 g/mol. The van der Waals surface area contributed by atoms with Gasteiger partial charge in [-0.1, -0.05) is 26.2 Å². The van der Waals surface area contributed by atoms with E-state index in [0.717, 1.165) is 23.9 Å². The highest BCUT2D eigenvalue weighted by Gasteiger charge is 2.35. The fourth-order valence-electron chi connectivity index (χ4n) is 4.41. The third kappa shape index (κ3) is 4.21. The highest BCUT2D eigenvalue weighted by atomic mass is 15.1. The molecule has 0 bridgehead atoms. The zero-order valence-electron chi connectivity index (χ0n) is 13.4. The molecule has 2 aliphatic carbocycles. The molecule has 0 spiro atoms. The standard InChI is InChI=1S/C18H34N2/c1-2-3-11-20-12-9-17(10-13-20)19-18-6-4-5-16(14-18)15-7-8-15/h15-19H,2-14H2,1H3. The third-order valence-electron chi connectivity index (χ3n) is 5.89. The number of unbranched alkanes of at least 4 members (excludes halogenated alkanes) is 1. The Morgan fingerprint density at radius 3 is 2.40 bits per heavy atom. The summed E-state index contributed by atoms with van der Waals surface area (Å²) in [6.07, 6.45) is 14.5. The Kier molecular flexibility index (Phi) is 5.39. The Morgan fingerprint density at radius 1 is 0.900 bits per heavy atom. The van der Waals surface area contributed by atoms with E-state index in [9.17, 15) is 0 Å². The lowest BCUT2D eigenvalue weighted by Crippen LogP contribution is -2.47. The molecule has 0 aromatic rings. The zero-order valence-corrected chi connectivity index (χ0v) is 13.4. The topological polar surface area (TPSA) is 15.3 Å². The summed E-state index contributed by atoms with van der Waals surface area (Å²) in [5.74, 6) is 2.20. The van der Waals surface area contributed by atoms with Crippen LogP contribution in [-0.2, 0) is 0 Å². The third-order valence-corrected chi connectivity index (χ3v) is 5.89. The number of rotatable bonds is 6. The SMILES string of the molecule is CCCCN1CCC(NC2CCCC(C3CC3)C2)CC1. The molecule has 1 aliphatic heterocycles. The molecule has 1 saturated heterocycles. The molecule has 2 atom stereocenters. The zero-order chi connectivity index (χ0) is 13.8. The Bertz CT molecular complexity index is 279. The first kappa shape index (κ1) is 14.8. The summed E-state index contributed by atoms with van der Waals surface area (Å²) in [7, 11) is 0. The van der Waals surface area contributed by atoms with Gasteiger partial charge >= 0.3 is 0 Å². The van der Waals surface area contributed by atoms with Gasteiger partial charge in [-0.05, 0) is 76.4 Å². The fraction of sp³-hybridized carbons (Fsp3) is 1.00. The van der Waals surface area contributed by atoms with E-state index in [1.54, 1.807) is 0 Å². The minimum Gasteiger partial charge on any atom is -0.311 e. The highest BCUT2D eigenvalue weighted by molar-refractivity contribution is 4.89. The lowest BCUT2D eigenvalue weighted by Gasteiger charge is -2.37. The van der Waals surface area contributed by atoms with Crippen molar-refractivity contribution < 1.29 is 0 Å². The van der Waals surface area contributed by atoms with Crippen molar-refractivity contribution in [2.45, 2.75) is 83.2 Å². The molecule has 0 radical (unpaired) electrons. The van der Waals surface area contributed by atoms with Crippen molar-refractivity contribution in [1.82, 2.24) is 10.2 Å². The normalized spacial score (nSPS) is 33.5.